The summed E-state index contributed by atoms with van der Waals surface area (Å²) in [6.45, 7) is 1.07. The molecular weight excluding hydrogens is 235 g/mol. The van der Waals surface area contributed by atoms with Crippen molar-refractivity contribution in [1.82, 2.24) is 14.9 Å². The highest BCUT2D eigenvalue weighted by Gasteiger charge is 2.09. The Balaban J connectivity index is 1.91. The molecule has 0 aliphatic carbocycles. The van der Waals surface area contributed by atoms with Gasteiger partial charge in [0.15, 0.2) is 0 Å². The molecule has 0 saturated heterocycles. The average Bonchev–Trinajstić information content (AvgIpc) is 2.81. The lowest BCUT2D eigenvalue weighted by molar-refractivity contribution is 0.0953. The minimum absolute atomic E-state index is 0.134. The number of anilines is 1. The normalized spacial score (nSPS) is 10.3. The van der Waals surface area contributed by atoms with E-state index in [0.717, 1.165) is 6.07 Å². The summed E-state index contributed by atoms with van der Waals surface area (Å²) < 4.78 is 14.7. The molecule has 0 aliphatic rings. The van der Waals surface area contributed by atoms with Gasteiger partial charge in [0.25, 0.3) is 5.91 Å². The lowest BCUT2D eigenvalue weighted by atomic mass is 10.1. The third kappa shape index (κ3) is 2.85. The molecule has 0 saturated carbocycles. The third-order valence-corrected chi connectivity index (χ3v) is 2.47. The minimum Gasteiger partial charge on any atom is -0.398 e. The van der Waals surface area contributed by atoms with Crippen LogP contribution in [0, 0.1) is 5.82 Å². The molecule has 0 fully saturated rings. The van der Waals surface area contributed by atoms with Crippen LogP contribution in [-0.2, 0) is 6.54 Å². The maximum atomic E-state index is 12.8. The highest BCUT2D eigenvalue weighted by molar-refractivity contribution is 5.99. The zero-order valence-electron chi connectivity index (χ0n) is 9.64. The van der Waals surface area contributed by atoms with Crippen LogP contribution in [0.1, 0.15) is 10.4 Å². The number of carbonyl (C=O) groups excluding carboxylic acids is 1. The molecule has 6 heteroatoms. The molecule has 0 bridgehead atoms. The number of nitrogens with two attached hydrogens (primary N) is 1. The number of amides is 1. The molecule has 0 aliphatic heterocycles. The molecule has 94 valence electrons. The quantitative estimate of drug-likeness (QED) is 0.794. The van der Waals surface area contributed by atoms with Crippen molar-refractivity contribution >= 4 is 11.6 Å². The Labute approximate surface area is 103 Å². The molecule has 18 heavy (non-hydrogen) atoms. The summed E-state index contributed by atoms with van der Waals surface area (Å²) in [5, 5.41) is 2.71. The number of nitrogens with one attached hydrogen (secondary N) is 1. The fraction of sp³-hybridized carbons (Fsp3) is 0.167. The second-order valence-electron chi connectivity index (χ2n) is 3.79. The molecule has 1 heterocycles. The topological polar surface area (TPSA) is 72.9 Å². The molecule has 1 amide bonds. The summed E-state index contributed by atoms with van der Waals surface area (Å²) in [6.07, 6.45) is 5.14. The molecule has 0 atom stereocenters. The van der Waals surface area contributed by atoms with E-state index >= 15 is 0 Å². The Morgan fingerprint density at radius 3 is 3.00 bits per heavy atom. The fourth-order valence-corrected chi connectivity index (χ4v) is 1.55. The van der Waals surface area contributed by atoms with E-state index in [4.69, 9.17) is 5.73 Å². The predicted molar refractivity (Wildman–Crippen MR) is 65.4 cm³/mol. The van der Waals surface area contributed by atoms with Crippen molar-refractivity contribution in [3.05, 3.63) is 48.3 Å². The first-order chi connectivity index (χ1) is 8.66. The number of carbonyl (C=O) groups is 1. The van der Waals surface area contributed by atoms with Gasteiger partial charge in [-0.25, -0.2) is 9.37 Å². The van der Waals surface area contributed by atoms with E-state index in [-0.39, 0.29) is 17.2 Å². The Morgan fingerprint density at radius 1 is 1.50 bits per heavy atom. The van der Waals surface area contributed by atoms with Crippen LogP contribution in [0.2, 0.25) is 0 Å². The average molecular weight is 248 g/mol. The molecule has 0 unspecified atom stereocenters. The van der Waals surface area contributed by atoms with Gasteiger partial charge in [0, 0.05) is 31.2 Å². The Morgan fingerprint density at radius 2 is 2.33 bits per heavy atom. The lowest BCUT2D eigenvalue weighted by Gasteiger charge is -2.07. The second kappa shape index (κ2) is 5.31. The summed E-state index contributed by atoms with van der Waals surface area (Å²) >= 11 is 0. The third-order valence-electron chi connectivity index (χ3n) is 2.47. The highest BCUT2D eigenvalue weighted by Crippen LogP contribution is 2.12. The number of nitrogen functional groups attached to an aromatic ring is 1. The van der Waals surface area contributed by atoms with Gasteiger partial charge in [0.2, 0.25) is 0 Å². The summed E-state index contributed by atoms with van der Waals surface area (Å²) in [5.74, 6) is -0.768. The standard InChI is InChI=1S/C12H13FN4O/c13-9-1-2-10(11(14)7-9)12(18)16-4-6-17-5-3-15-8-17/h1-3,5,7-8H,4,6,14H2,(H,16,18). The van der Waals surface area contributed by atoms with Gasteiger partial charge >= 0.3 is 0 Å². The number of imidazole rings is 1. The maximum absolute atomic E-state index is 12.8. The van der Waals surface area contributed by atoms with Gasteiger partial charge < -0.3 is 15.6 Å². The first-order valence-electron chi connectivity index (χ1n) is 5.46. The zero-order chi connectivity index (χ0) is 13.0. The van der Waals surface area contributed by atoms with Gasteiger partial charge in [0.05, 0.1) is 11.9 Å². The van der Waals surface area contributed by atoms with E-state index in [9.17, 15) is 9.18 Å². The van der Waals surface area contributed by atoms with Crippen molar-refractivity contribution in [3.8, 4) is 0 Å². The van der Waals surface area contributed by atoms with E-state index in [0.29, 0.717) is 13.1 Å². The molecule has 3 N–H and O–H groups in total. The van der Waals surface area contributed by atoms with Crippen LogP contribution < -0.4 is 11.1 Å². The molecule has 1 aromatic heterocycles. The number of nitrogens with zero attached hydrogens (tertiary/aromatic N) is 2. The summed E-state index contributed by atoms with van der Waals surface area (Å²) in [4.78, 5) is 15.7. The molecule has 1 aromatic carbocycles. The van der Waals surface area contributed by atoms with E-state index in [1.165, 1.54) is 12.1 Å². The number of hydrogen-bond donors (Lipinski definition) is 2. The Hall–Kier alpha value is -2.37. The first-order valence-corrected chi connectivity index (χ1v) is 5.46. The van der Waals surface area contributed by atoms with Gasteiger partial charge in [-0.3, -0.25) is 4.79 Å². The van der Waals surface area contributed by atoms with Crippen LogP contribution in [0.4, 0.5) is 10.1 Å². The van der Waals surface area contributed by atoms with Gasteiger partial charge in [0.1, 0.15) is 5.82 Å². The van der Waals surface area contributed by atoms with Crippen molar-refractivity contribution in [2.75, 3.05) is 12.3 Å². The van der Waals surface area contributed by atoms with Crippen LogP contribution in [0.25, 0.3) is 0 Å². The van der Waals surface area contributed by atoms with Gasteiger partial charge in [-0.15, -0.1) is 0 Å². The van der Waals surface area contributed by atoms with E-state index in [2.05, 4.69) is 10.3 Å². The Kier molecular flexibility index (Phi) is 3.57. The molecule has 0 radical (unpaired) electrons. The number of halogens is 1. The number of rotatable bonds is 4. The van der Waals surface area contributed by atoms with Crippen molar-refractivity contribution in [1.29, 1.82) is 0 Å². The van der Waals surface area contributed by atoms with Crippen LogP contribution in [0.3, 0.4) is 0 Å². The number of benzene rings is 1. The maximum Gasteiger partial charge on any atom is 0.253 e. The summed E-state index contributed by atoms with van der Waals surface area (Å²) in [5.41, 5.74) is 5.99. The molecular formula is C12H13FN4O. The minimum atomic E-state index is -0.456. The highest BCUT2D eigenvalue weighted by atomic mass is 19.1. The summed E-state index contributed by atoms with van der Waals surface area (Å²) in [6, 6.07) is 3.71. The van der Waals surface area contributed by atoms with Crippen molar-refractivity contribution in [3.63, 3.8) is 0 Å². The van der Waals surface area contributed by atoms with Gasteiger partial charge in [-0.2, -0.15) is 0 Å². The fourth-order valence-electron chi connectivity index (χ4n) is 1.55. The van der Waals surface area contributed by atoms with E-state index in [1.54, 1.807) is 18.7 Å². The molecule has 5 nitrogen and oxygen atoms in total. The number of aromatic nitrogens is 2. The molecule has 2 aromatic rings. The monoisotopic (exact) mass is 248 g/mol. The van der Waals surface area contributed by atoms with Crippen LogP contribution in [0.15, 0.2) is 36.9 Å². The van der Waals surface area contributed by atoms with Crippen LogP contribution in [0.5, 0.6) is 0 Å². The smallest absolute Gasteiger partial charge is 0.253 e. The van der Waals surface area contributed by atoms with Crippen molar-refractivity contribution < 1.29 is 9.18 Å². The van der Waals surface area contributed by atoms with Crippen LogP contribution >= 0.6 is 0 Å². The van der Waals surface area contributed by atoms with Crippen molar-refractivity contribution in [2.24, 2.45) is 0 Å². The zero-order valence-corrected chi connectivity index (χ0v) is 9.64. The molecule has 2 rings (SSSR count). The predicted octanol–water partition coefficient (Wildman–Crippen LogP) is 1.03. The van der Waals surface area contributed by atoms with E-state index in [1.807, 2.05) is 4.57 Å². The van der Waals surface area contributed by atoms with E-state index < -0.39 is 5.82 Å². The Bertz CT molecular complexity index is 539. The van der Waals surface area contributed by atoms with Gasteiger partial charge in [-0.05, 0) is 18.2 Å². The second-order valence-corrected chi connectivity index (χ2v) is 3.79. The SMILES string of the molecule is Nc1cc(F)ccc1C(=O)NCCn1ccnc1. The summed E-state index contributed by atoms with van der Waals surface area (Å²) in [7, 11) is 0. The lowest BCUT2D eigenvalue weighted by Crippen LogP contribution is -2.27. The van der Waals surface area contributed by atoms with Gasteiger partial charge in [-0.1, -0.05) is 0 Å². The molecule has 0 spiro atoms. The van der Waals surface area contributed by atoms with Crippen molar-refractivity contribution in [2.45, 2.75) is 6.54 Å². The number of hydrogen-bond acceptors (Lipinski definition) is 3. The largest absolute Gasteiger partial charge is 0.398 e. The first kappa shape index (κ1) is 12.1. The van der Waals surface area contributed by atoms with Crippen LogP contribution in [-0.4, -0.2) is 22.0 Å².